The number of nitrogens with zero attached hydrogens (tertiary/aromatic N) is 3. The molecule has 1 unspecified atom stereocenters. The minimum Gasteiger partial charge on any atom is -0.391 e. The lowest BCUT2D eigenvalue weighted by atomic mass is 9.89. The largest absolute Gasteiger partial charge is 0.391 e. The maximum atomic E-state index is 8.60. The average Bonchev–Trinajstić information content (AvgIpc) is 3.07. The van der Waals surface area contributed by atoms with Crippen molar-refractivity contribution in [2.45, 2.75) is 31.3 Å². The molecule has 0 spiro atoms. The van der Waals surface area contributed by atoms with Crippen molar-refractivity contribution in [1.82, 2.24) is 14.9 Å². The van der Waals surface area contributed by atoms with E-state index in [0.717, 1.165) is 54.9 Å². The number of fused-ring (bicyclic) bond motifs is 1. The van der Waals surface area contributed by atoms with E-state index in [1.165, 1.54) is 5.56 Å². The summed E-state index contributed by atoms with van der Waals surface area (Å²) in [6.45, 7) is 3.51. The van der Waals surface area contributed by atoms with Crippen LogP contribution in [0.5, 0.6) is 0 Å². The van der Waals surface area contributed by atoms with Crippen LogP contribution in [-0.4, -0.2) is 59.4 Å². The maximum Gasteiger partial charge on any atom is 0.222 e. The Morgan fingerprint density at radius 3 is 2.56 bits per heavy atom. The Morgan fingerprint density at radius 1 is 1.20 bits per heavy atom. The number of halogens is 2. The highest BCUT2D eigenvalue weighted by Gasteiger charge is 2.21. The summed E-state index contributed by atoms with van der Waals surface area (Å²) in [4.78, 5) is 10.6. The van der Waals surface area contributed by atoms with E-state index in [2.05, 4.69) is 28.0 Å². The molecule has 1 N–H and O–H groups in total. The van der Waals surface area contributed by atoms with E-state index in [4.69, 9.17) is 33.0 Å². The third-order valence-electron chi connectivity index (χ3n) is 4.73. The molecule has 0 bridgehead atoms. The second-order valence-corrected chi connectivity index (χ2v) is 7.41. The van der Waals surface area contributed by atoms with Crippen LogP contribution >= 0.6 is 23.2 Å². The Morgan fingerprint density at radius 2 is 1.96 bits per heavy atom. The Kier molecular flexibility index (Phi) is 6.47. The smallest absolute Gasteiger partial charge is 0.222 e. The first-order chi connectivity index (χ1) is 12.0. The fourth-order valence-electron chi connectivity index (χ4n) is 3.20. The fraction of sp³-hybridized carbons (Fsp3) is 0.556. The van der Waals surface area contributed by atoms with Crippen molar-refractivity contribution >= 4 is 34.1 Å². The van der Waals surface area contributed by atoms with Gasteiger partial charge in [-0.2, -0.15) is 0 Å². The number of hydrogen-bond donors (Lipinski definition) is 1. The zero-order valence-electron chi connectivity index (χ0n) is 14.3. The molecule has 7 heteroatoms. The molecule has 25 heavy (non-hydrogen) atoms. The molecule has 2 saturated heterocycles. The molecular formula is C18H23Cl2N3O2. The molecule has 2 aliphatic heterocycles. The van der Waals surface area contributed by atoms with Crippen molar-refractivity contribution in [3.05, 3.63) is 34.2 Å². The van der Waals surface area contributed by atoms with Gasteiger partial charge in [0, 0.05) is 23.2 Å². The second kappa shape index (κ2) is 8.60. The lowest BCUT2D eigenvalue weighted by Crippen LogP contribution is -2.29. The monoisotopic (exact) mass is 383 g/mol. The average molecular weight is 384 g/mol. The van der Waals surface area contributed by atoms with E-state index in [0.29, 0.717) is 12.5 Å². The van der Waals surface area contributed by atoms with Gasteiger partial charge in [0.25, 0.3) is 0 Å². The standard InChI is InChI=1S/C14H15Cl2N3.C4H8O2/c1-19-4-2-9(3-5-19)11-7-13-10(6-12(11)15)8-17-14(16)18-13;5-4-1-2-6-3-4/h6-9H,2-5H2,1H3;4-5H,1-3H2. The fourth-order valence-corrected chi connectivity index (χ4v) is 3.67. The Bertz CT molecular complexity index is 715. The van der Waals surface area contributed by atoms with Gasteiger partial charge in [-0.1, -0.05) is 11.6 Å². The molecule has 136 valence electrons. The summed E-state index contributed by atoms with van der Waals surface area (Å²) in [5, 5.41) is 10.6. The lowest BCUT2D eigenvalue weighted by Gasteiger charge is -2.29. The lowest BCUT2D eigenvalue weighted by molar-refractivity contribution is 0.127. The van der Waals surface area contributed by atoms with Gasteiger partial charge >= 0.3 is 0 Å². The minimum atomic E-state index is -0.176. The Labute approximate surface area is 157 Å². The number of aliphatic hydroxyl groups is 1. The van der Waals surface area contributed by atoms with Gasteiger partial charge in [0.1, 0.15) is 0 Å². The molecule has 2 aromatic rings. The van der Waals surface area contributed by atoms with Gasteiger partial charge in [-0.05, 0) is 74.6 Å². The quantitative estimate of drug-likeness (QED) is 0.763. The molecule has 5 nitrogen and oxygen atoms in total. The summed E-state index contributed by atoms with van der Waals surface area (Å²) < 4.78 is 4.81. The van der Waals surface area contributed by atoms with Gasteiger partial charge in [0.05, 0.1) is 18.2 Å². The summed E-state index contributed by atoms with van der Waals surface area (Å²) in [5.41, 5.74) is 2.07. The van der Waals surface area contributed by atoms with Crippen molar-refractivity contribution in [2.75, 3.05) is 33.4 Å². The van der Waals surface area contributed by atoms with Crippen molar-refractivity contribution in [1.29, 1.82) is 0 Å². The van der Waals surface area contributed by atoms with Gasteiger partial charge in [-0.3, -0.25) is 0 Å². The molecule has 0 amide bonds. The van der Waals surface area contributed by atoms with Gasteiger partial charge in [-0.15, -0.1) is 0 Å². The highest BCUT2D eigenvalue weighted by Crippen LogP contribution is 2.34. The molecule has 3 heterocycles. The molecule has 2 aliphatic rings. The van der Waals surface area contributed by atoms with Gasteiger partial charge < -0.3 is 14.7 Å². The van der Waals surface area contributed by atoms with Crippen molar-refractivity contribution in [3.63, 3.8) is 0 Å². The predicted molar refractivity (Wildman–Crippen MR) is 100 cm³/mol. The number of benzene rings is 1. The number of ether oxygens (including phenoxy) is 1. The summed E-state index contributed by atoms with van der Waals surface area (Å²) in [6.07, 6.45) is 4.64. The third kappa shape index (κ3) is 5.02. The van der Waals surface area contributed by atoms with Crippen LogP contribution in [0.2, 0.25) is 10.3 Å². The topological polar surface area (TPSA) is 58.5 Å². The first kappa shape index (κ1) is 18.8. The zero-order chi connectivity index (χ0) is 17.8. The van der Waals surface area contributed by atoms with Gasteiger partial charge in [0.2, 0.25) is 5.28 Å². The zero-order valence-corrected chi connectivity index (χ0v) is 15.8. The predicted octanol–water partition coefficient (Wildman–Crippen LogP) is 3.51. The third-order valence-corrected chi connectivity index (χ3v) is 5.24. The SMILES string of the molecule is CN1CCC(c2cc3nc(Cl)ncc3cc2Cl)CC1.OC1CCOC1. The van der Waals surface area contributed by atoms with Crippen LogP contribution in [0.25, 0.3) is 10.9 Å². The van der Waals surface area contributed by atoms with E-state index in [1.807, 2.05) is 6.07 Å². The summed E-state index contributed by atoms with van der Waals surface area (Å²) in [7, 11) is 2.16. The van der Waals surface area contributed by atoms with Crippen LogP contribution in [0.1, 0.15) is 30.7 Å². The first-order valence-corrected chi connectivity index (χ1v) is 9.34. The van der Waals surface area contributed by atoms with Crippen LogP contribution in [0.15, 0.2) is 18.3 Å². The van der Waals surface area contributed by atoms with Crippen molar-refractivity contribution in [2.24, 2.45) is 0 Å². The van der Waals surface area contributed by atoms with E-state index in [-0.39, 0.29) is 11.4 Å². The molecular weight excluding hydrogens is 361 g/mol. The number of likely N-dealkylation sites (tertiary alicyclic amines) is 1. The first-order valence-electron chi connectivity index (χ1n) is 8.59. The van der Waals surface area contributed by atoms with E-state index in [1.54, 1.807) is 6.20 Å². The Hall–Kier alpha value is -0.980. The van der Waals surface area contributed by atoms with Crippen LogP contribution in [0, 0.1) is 0 Å². The van der Waals surface area contributed by atoms with E-state index < -0.39 is 0 Å². The number of hydrogen-bond acceptors (Lipinski definition) is 5. The second-order valence-electron chi connectivity index (χ2n) is 6.67. The van der Waals surface area contributed by atoms with Crippen LogP contribution < -0.4 is 0 Å². The summed E-state index contributed by atoms with van der Waals surface area (Å²) in [6, 6.07) is 4.02. The highest BCUT2D eigenvalue weighted by molar-refractivity contribution is 6.32. The molecule has 1 atom stereocenters. The van der Waals surface area contributed by atoms with Crippen molar-refractivity contribution < 1.29 is 9.84 Å². The normalized spacial score (nSPS) is 22.0. The Balaban J connectivity index is 0.000000258. The van der Waals surface area contributed by atoms with Gasteiger partial charge in [-0.25, -0.2) is 9.97 Å². The number of aliphatic hydroxyl groups excluding tert-OH is 1. The van der Waals surface area contributed by atoms with Crippen LogP contribution in [-0.2, 0) is 4.74 Å². The summed E-state index contributed by atoms with van der Waals surface area (Å²) in [5.74, 6) is 0.516. The molecule has 1 aromatic carbocycles. The minimum absolute atomic E-state index is 0.176. The number of piperidine rings is 1. The molecule has 1 aromatic heterocycles. The van der Waals surface area contributed by atoms with Crippen LogP contribution in [0.4, 0.5) is 0 Å². The molecule has 0 saturated carbocycles. The maximum absolute atomic E-state index is 8.60. The highest BCUT2D eigenvalue weighted by atomic mass is 35.5. The molecule has 0 radical (unpaired) electrons. The van der Waals surface area contributed by atoms with E-state index >= 15 is 0 Å². The number of aromatic nitrogens is 2. The van der Waals surface area contributed by atoms with Crippen molar-refractivity contribution in [3.8, 4) is 0 Å². The summed E-state index contributed by atoms with van der Waals surface area (Å²) >= 11 is 12.3. The van der Waals surface area contributed by atoms with Crippen LogP contribution in [0.3, 0.4) is 0 Å². The molecule has 2 fully saturated rings. The van der Waals surface area contributed by atoms with Gasteiger partial charge in [0.15, 0.2) is 0 Å². The molecule has 4 rings (SSSR count). The number of rotatable bonds is 1. The molecule has 0 aliphatic carbocycles. The van der Waals surface area contributed by atoms with E-state index in [9.17, 15) is 0 Å².